The fraction of sp³-hybridized carbons (Fsp3) is 1.00. The van der Waals surface area contributed by atoms with Gasteiger partial charge in [0.15, 0.2) is 10.1 Å². The molecule has 8 heteroatoms. The topological polar surface area (TPSA) is 57.2 Å². The maximum absolute atomic E-state index is 10.7. The molecule has 0 aliphatic carbocycles. The van der Waals surface area contributed by atoms with Crippen molar-refractivity contribution in [1.29, 1.82) is 0 Å². The van der Waals surface area contributed by atoms with Crippen LogP contribution in [0.25, 0.3) is 0 Å². The molecule has 1 radical (unpaired) electrons. The van der Waals surface area contributed by atoms with E-state index in [4.69, 9.17) is 13.0 Å². The van der Waals surface area contributed by atoms with Crippen molar-refractivity contribution in [2.45, 2.75) is 5.51 Å². The molecule has 0 spiro atoms. The van der Waals surface area contributed by atoms with Crippen molar-refractivity contribution in [3.63, 3.8) is 0 Å². The van der Waals surface area contributed by atoms with E-state index in [0.29, 0.717) is 0 Å². The number of hydrogen-bond acceptors (Lipinski definition) is 3. The van der Waals surface area contributed by atoms with Crippen LogP contribution >= 0.6 is 0 Å². The summed E-state index contributed by atoms with van der Waals surface area (Å²) in [7, 11) is -6.09. The fourth-order valence-electron chi connectivity index (χ4n) is 0. The van der Waals surface area contributed by atoms with Gasteiger partial charge in [-0.05, 0) is 0 Å². The maximum Gasteiger partial charge on any atom is 3.00 e. The van der Waals surface area contributed by atoms with Gasteiger partial charge in [0.1, 0.15) is 0 Å². The summed E-state index contributed by atoms with van der Waals surface area (Å²) in [6.07, 6.45) is 0. The smallest absolute Gasteiger partial charge is 0.741 e. The van der Waals surface area contributed by atoms with Gasteiger partial charge in [-0.25, -0.2) is 8.42 Å². The average Bonchev–Trinajstić information content (AvgIpc) is 1.25. The molecule has 0 fully saturated rings. The third-order valence-electron chi connectivity index (χ3n) is 0.283. The van der Waals surface area contributed by atoms with E-state index in [0.717, 1.165) is 0 Å². The zero-order chi connectivity index (χ0) is 7.00. The molecule has 0 N–H and O–H groups in total. The zero-order valence-electron chi connectivity index (χ0n) is 3.62. The van der Waals surface area contributed by atoms with Crippen molar-refractivity contribution in [2.75, 3.05) is 0 Å². The molecule has 0 rings (SSSR count). The minimum absolute atomic E-state index is 0. The van der Waals surface area contributed by atoms with E-state index in [1.807, 2.05) is 0 Å². The van der Waals surface area contributed by atoms with Gasteiger partial charge in [-0.2, -0.15) is 13.2 Å². The number of hydrogen-bond donors (Lipinski definition) is 0. The summed E-state index contributed by atoms with van der Waals surface area (Å²) in [5, 5.41) is 0. The first-order valence-corrected chi connectivity index (χ1v) is 2.68. The summed E-state index contributed by atoms with van der Waals surface area (Å²) in [6, 6.07) is 0. The summed E-state index contributed by atoms with van der Waals surface area (Å²) in [5.41, 5.74) is -5.65. The summed E-state index contributed by atoms with van der Waals surface area (Å²) in [6.45, 7) is 0. The van der Waals surface area contributed by atoms with Gasteiger partial charge in [0, 0.05) is 0 Å². The van der Waals surface area contributed by atoms with Crippen LogP contribution in [0.5, 0.6) is 0 Å². The summed E-state index contributed by atoms with van der Waals surface area (Å²) < 4.78 is 58.9. The number of alkyl halides is 3. The Morgan fingerprint density at radius 2 is 1.33 bits per heavy atom. The van der Waals surface area contributed by atoms with E-state index in [2.05, 4.69) is 0 Å². The van der Waals surface area contributed by atoms with Gasteiger partial charge in [-0.15, -0.1) is 0 Å². The quantitative estimate of drug-likeness (QED) is 0.319. The Kier molecular flexibility index (Phi) is 3.81. The van der Waals surface area contributed by atoms with Crippen molar-refractivity contribution < 1.29 is 43.2 Å². The van der Waals surface area contributed by atoms with Gasteiger partial charge >= 0.3 is 22.6 Å². The first-order chi connectivity index (χ1) is 3.25. The number of halogens is 3. The third-order valence-corrected chi connectivity index (χ3v) is 0.850. The van der Waals surface area contributed by atoms with E-state index in [9.17, 15) is 13.2 Å². The molecule has 0 aliphatic rings. The number of rotatable bonds is 0. The molecule has 0 atom stereocenters. The van der Waals surface area contributed by atoms with Crippen LogP contribution in [0.15, 0.2) is 0 Å². The largest absolute Gasteiger partial charge is 3.00 e. The van der Waals surface area contributed by atoms with Crippen molar-refractivity contribution in [3.8, 4) is 0 Å². The molecule has 0 aliphatic heterocycles. The van der Waals surface area contributed by atoms with Crippen LogP contribution in [0, 0.1) is 0 Å². The van der Waals surface area contributed by atoms with Gasteiger partial charge in [-0.3, -0.25) is 0 Å². The Bertz CT molecular complexity index is 168. The molecule has 0 unspecified atom stereocenters. The van der Waals surface area contributed by atoms with Crippen LogP contribution in [0.3, 0.4) is 0 Å². The average molecular weight is 205 g/mol. The molecular formula is CF3FeO3S+2. The standard InChI is InChI=1S/CHF3O3S.Fe/c2-1(3,4)8(5,6)7;/h(H,5,6,7);/q;+3/p-1. The van der Waals surface area contributed by atoms with Crippen molar-refractivity contribution in [1.82, 2.24) is 0 Å². The van der Waals surface area contributed by atoms with Crippen LogP contribution in [-0.2, 0) is 27.2 Å². The van der Waals surface area contributed by atoms with Crippen molar-refractivity contribution in [2.24, 2.45) is 0 Å². The minimum Gasteiger partial charge on any atom is -0.741 e. The Morgan fingerprint density at radius 1 is 1.22 bits per heavy atom. The van der Waals surface area contributed by atoms with Gasteiger partial charge in [0.05, 0.1) is 0 Å². The summed E-state index contributed by atoms with van der Waals surface area (Å²) in [4.78, 5) is 0. The molecule has 0 aromatic heterocycles. The normalized spacial score (nSPS) is 12.4. The predicted molar refractivity (Wildman–Crippen MR) is 15.8 cm³/mol. The maximum atomic E-state index is 10.7. The van der Waals surface area contributed by atoms with E-state index < -0.39 is 15.6 Å². The SMILES string of the molecule is O=S(=O)([O-])C(F)(F)F.[Fe+3]. The molecule has 0 bridgehead atoms. The molecule has 9 heavy (non-hydrogen) atoms. The second-order valence-corrected chi connectivity index (χ2v) is 2.27. The second-order valence-electron chi connectivity index (χ2n) is 0.900. The van der Waals surface area contributed by atoms with Crippen LogP contribution in [0.4, 0.5) is 13.2 Å². The van der Waals surface area contributed by atoms with Crippen LogP contribution < -0.4 is 0 Å². The Labute approximate surface area is 59.5 Å². The summed E-state index contributed by atoms with van der Waals surface area (Å²) in [5.74, 6) is 0. The molecule has 0 heterocycles. The predicted octanol–water partition coefficient (Wildman–Crippen LogP) is 0.0489. The van der Waals surface area contributed by atoms with Crippen molar-refractivity contribution in [3.05, 3.63) is 0 Å². The molecule has 55 valence electrons. The molecule has 0 aromatic carbocycles. The van der Waals surface area contributed by atoms with E-state index in [-0.39, 0.29) is 17.1 Å². The van der Waals surface area contributed by atoms with E-state index in [1.165, 1.54) is 0 Å². The first-order valence-electron chi connectivity index (χ1n) is 1.27. The molecular weight excluding hydrogens is 205 g/mol. The molecule has 0 saturated heterocycles. The fourth-order valence-corrected chi connectivity index (χ4v) is 0. The molecule has 0 saturated carbocycles. The van der Waals surface area contributed by atoms with Gasteiger partial charge in [0.2, 0.25) is 0 Å². The van der Waals surface area contributed by atoms with Gasteiger partial charge in [-0.1, -0.05) is 0 Å². The zero-order valence-corrected chi connectivity index (χ0v) is 5.54. The Hall–Kier alpha value is 0.219. The molecule has 0 amide bonds. The van der Waals surface area contributed by atoms with Gasteiger partial charge < -0.3 is 4.55 Å². The third kappa shape index (κ3) is 3.74. The Balaban J connectivity index is 0. The van der Waals surface area contributed by atoms with E-state index >= 15 is 0 Å². The Morgan fingerprint density at radius 3 is 1.33 bits per heavy atom. The minimum atomic E-state index is -6.09. The van der Waals surface area contributed by atoms with Crippen LogP contribution in [0.2, 0.25) is 0 Å². The van der Waals surface area contributed by atoms with Crippen LogP contribution in [-0.4, -0.2) is 18.5 Å². The molecule has 3 nitrogen and oxygen atoms in total. The van der Waals surface area contributed by atoms with Crippen LogP contribution in [0.1, 0.15) is 0 Å². The monoisotopic (exact) mass is 205 g/mol. The second kappa shape index (κ2) is 2.87. The summed E-state index contributed by atoms with van der Waals surface area (Å²) >= 11 is 0. The van der Waals surface area contributed by atoms with Gasteiger partial charge in [0.25, 0.3) is 0 Å². The first kappa shape index (κ1) is 12.0. The molecule has 0 aromatic rings. The van der Waals surface area contributed by atoms with Crippen molar-refractivity contribution >= 4 is 10.1 Å². The van der Waals surface area contributed by atoms with E-state index in [1.54, 1.807) is 0 Å².